The average molecular weight is 342 g/mol. The Balaban J connectivity index is 2.38. The summed E-state index contributed by atoms with van der Waals surface area (Å²) in [4.78, 5) is 11.6. The lowest BCUT2D eigenvalue weighted by Gasteiger charge is -2.18. The first-order valence-electron chi connectivity index (χ1n) is 8.42. The van der Waals surface area contributed by atoms with Gasteiger partial charge in [0.15, 0.2) is 0 Å². The molecule has 0 bridgehead atoms. The number of hydrogen-bond donors (Lipinski definition) is 0. The van der Waals surface area contributed by atoms with Crippen LogP contribution in [0.1, 0.15) is 33.3 Å². The van der Waals surface area contributed by atoms with Crippen molar-refractivity contribution in [1.29, 1.82) is 0 Å². The van der Waals surface area contributed by atoms with Gasteiger partial charge in [-0.3, -0.25) is 0 Å². The number of ether oxygens (including phenoxy) is 3. The van der Waals surface area contributed by atoms with Gasteiger partial charge >= 0.3 is 5.97 Å². The van der Waals surface area contributed by atoms with E-state index < -0.39 is 0 Å². The SMILES string of the molecule is CCOC(=O)/C=C(C)\C=C\C1=CC(C)(C)COc2ccc(OC)cc21. The van der Waals surface area contributed by atoms with Crippen molar-refractivity contribution in [1.82, 2.24) is 0 Å². The lowest BCUT2D eigenvalue weighted by atomic mass is 9.90. The predicted octanol–water partition coefficient (Wildman–Crippen LogP) is 4.56. The number of esters is 1. The van der Waals surface area contributed by atoms with Gasteiger partial charge in [0.25, 0.3) is 0 Å². The summed E-state index contributed by atoms with van der Waals surface area (Å²) in [6.07, 6.45) is 7.59. The molecule has 0 aromatic heterocycles. The van der Waals surface area contributed by atoms with Gasteiger partial charge in [-0.2, -0.15) is 0 Å². The van der Waals surface area contributed by atoms with Crippen molar-refractivity contribution in [3.05, 3.63) is 53.6 Å². The van der Waals surface area contributed by atoms with Crippen LogP contribution in [-0.2, 0) is 9.53 Å². The van der Waals surface area contributed by atoms with E-state index in [4.69, 9.17) is 14.2 Å². The Bertz CT molecular complexity index is 723. The van der Waals surface area contributed by atoms with Gasteiger partial charge in [-0.25, -0.2) is 4.79 Å². The zero-order chi connectivity index (χ0) is 18.4. The van der Waals surface area contributed by atoms with Crippen molar-refractivity contribution >= 4 is 11.5 Å². The van der Waals surface area contributed by atoms with Crippen LogP contribution in [0.5, 0.6) is 11.5 Å². The number of rotatable bonds is 5. The lowest BCUT2D eigenvalue weighted by Crippen LogP contribution is -2.17. The molecule has 1 aromatic rings. The molecule has 0 spiro atoms. The molecular formula is C21H26O4. The second-order valence-electron chi connectivity index (χ2n) is 6.71. The molecule has 0 unspecified atom stereocenters. The molecule has 4 nitrogen and oxygen atoms in total. The highest BCUT2D eigenvalue weighted by Gasteiger charge is 2.23. The summed E-state index contributed by atoms with van der Waals surface area (Å²) in [6, 6.07) is 5.79. The van der Waals surface area contributed by atoms with Crippen LogP contribution in [0.2, 0.25) is 0 Å². The summed E-state index contributed by atoms with van der Waals surface area (Å²) in [7, 11) is 1.65. The van der Waals surface area contributed by atoms with E-state index in [9.17, 15) is 4.79 Å². The van der Waals surface area contributed by atoms with Gasteiger partial charge in [-0.1, -0.05) is 32.1 Å². The average Bonchev–Trinajstić information content (AvgIpc) is 2.69. The Morgan fingerprint density at radius 1 is 1.36 bits per heavy atom. The molecule has 0 amide bonds. The van der Waals surface area contributed by atoms with E-state index in [1.54, 1.807) is 14.0 Å². The third-order valence-electron chi connectivity index (χ3n) is 3.80. The molecule has 2 rings (SSSR count). The van der Waals surface area contributed by atoms with Crippen molar-refractivity contribution in [2.45, 2.75) is 27.7 Å². The number of fused-ring (bicyclic) bond motifs is 1. The second-order valence-corrected chi connectivity index (χ2v) is 6.71. The summed E-state index contributed by atoms with van der Waals surface area (Å²) in [5.41, 5.74) is 2.73. The van der Waals surface area contributed by atoms with Crippen molar-refractivity contribution in [2.24, 2.45) is 5.41 Å². The largest absolute Gasteiger partial charge is 0.497 e. The minimum absolute atomic E-state index is 0.106. The molecule has 1 aliphatic rings. The molecule has 0 saturated heterocycles. The first kappa shape index (κ1) is 18.8. The van der Waals surface area contributed by atoms with E-state index in [-0.39, 0.29) is 11.4 Å². The molecule has 0 radical (unpaired) electrons. The number of allylic oxidation sites excluding steroid dienone is 4. The van der Waals surface area contributed by atoms with Crippen molar-refractivity contribution < 1.29 is 19.0 Å². The van der Waals surface area contributed by atoms with Gasteiger partial charge < -0.3 is 14.2 Å². The van der Waals surface area contributed by atoms with Crippen LogP contribution in [0.3, 0.4) is 0 Å². The number of benzene rings is 1. The maximum absolute atomic E-state index is 11.6. The fraction of sp³-hybridized carbons (Fsp3) is 0.381. The molecule has 4 heteroatoms. The van der Waals surface area contributed by atoms with Crippen LogP contribution < -0.4 is 9.47 Å². The molecule has 1 aromatic carbocycles. The molecule has 1 aliphatic heterocycles. The maximum Gasteiger partial charge on any atom is 0.330 e. The first-order valence-corrected chi connectivity index (χ1v) is 8.42. The van der Waals surface area contributed by atoms with E-state index in [0.29, 0.717) is 13.2 Å². The van der Waals surface area contributed by atoms with E-state index >= 15 is 0 Å². The molecule has 25 heavy (non-hydrogen) atoms. The molecule has 0 aliphatic carbocycles. The molecule has 1 heterocycles. The fourth-order valence-corrected chi connectivity index (χ4v) is 2.57. The lowest BCUT2D eigenvalue weighted by molar-refractivity contribution is -0.137. The van der Waals surface area contributed by atoms with Crippen molar-refractivity contribution in [3.63, 3.8) is 0 Å². The summed E-state index contributed by atoms with van der Waals surface area (Å²) < 4.78 is 16.3. The summed E-state index contributed by atoms with van der Waals surface area (Å²) in [5.74, 6) is 1.28. The Labute approximate surface area is 149 Å². The number of hydrogen-bond acceptors (Lipinski definition) is 4. The smallest absolute Gasteiger partial charge is 0.330 e. The van der Waals surface area contributed by atoms with E-state index in [0.717, 1.165) is 28.2 Å². The fourth-order valence-electron chi connectivity index (χ4n) is 2.57. The normalized spacial score (nSPS) is 16.5. The highest BCUT2D eigenvalue weighted by molar-refractivity contribution is 5.84. The minimum Gasteiger partial charge on any atom is -0.497 e. The van der Waals surface area contributed by atoms with Crippen LogP contribution in [0.15, 0.2) is 48.1 Å². The summed E-state index contributed by atoms with van der Waals surface area (Å²) in [6.45, 7) is 8.90. The van der Waals surface area contributed by atoms with Gasteiger partial charge in [0.1, 0.15) is 11.5 Å². The molecule has 0 atom stereocenters. The van der Waals surface area contributed by atoms with Crippen LogP contribution in [-0.4, -0.2) is 26.3 Å². The highest BCUT2D eigenvalue weighted by atomic mass is 16.5. The van der Waals surface area contributed by atoms with Gasteiger partial charge in [0.2, 0.25) is 0 Å². The van der Waals surface area contributed by atoms with Crippen molar-refractivity contribution in [2.75, 3.05) is 20.3 Å². The highest BCUT2D eigenvalue weighted by Crippen LogP contribution is 2.37. The number of carbonyl (C=O) groups excluding carboxylic acids is 1. The zero-order valence-electron chi connectivity index (χ0n) is 15.6. The standard InChI is InChI=1S/C21H26O4/c1-6-24-20(22)11-15(2)7-8-16-13-21(3,4)14-25-19-10-9-17(23-5)12-18(16)19/h7-13H,6,14H2,1-5H3/b8-7+,15-11-. The third kappa shape index (κ3) is 5.24. The Morgan fingerprint density at radius 2 is 2.12 bits per heavy atom. The molecule has 134 valence electrons. The van der Waals surface area contributed by atoms with E-state index in [1.165, 1.54) is 6.08 Å². The Kier molecular flexibility index (Phi) is 6.07. The van der Waals surface area contributed by atoms with Gasteiger partial charge in [-0.15, -0.1) is 0 Å². The third-order valence-corrected chi connectivity index (χ3v) is 3.80. The van der Waals surface area contributed by atoms with Crippen LogP contribution in [0, 0.1) is 5.41 Å². The second kappa shape index (κ2) is 8.06. The van der Waals surface area contributed by atoms with Gasteiger partial charge in [-0.05, 0) is 43.2 Å². The van der Waals surface area contributed by atoms with Gasteiger partial charge in [0, 0.05) is 17.1 Å². The monoisotopic (exact) mass is 342 g/mol. The molecule has 0 fully saturated rings. The minimum atomic E-state index is -0.328. The predicted molar refractivity (Wildman–Crippen MR) is 99.8 cm³/mol. The van der Waals surface area contributed by atoms with E-state index in [2.05, 4.69) is 19.9 Å². The molecular weight excluding hydrogens is 316 g/mol. The molecule has 0 saturated carbocycles. The molecule has 0 N–H and O–H groups in total. The van der Waals surface area contributed by atoms with Gasteiger partial charge in [0.05, 0.1) is 20.3 Å². The number of methoxy groups -OCH3 is 1. The quantitative estimate of drug-likeness (QED) is 0.447. The Hall–Kier alpha value is -2.49. The summed E-state index contributed by atoms with van der Waals surface area (Å²) >= 11 is 0. The summed E-state index contributed by atoms with van der Waals surface area (Å²) in [5, 5.41) is 0. The first-order chi connectivity index (χ1) is 11.8. The topological polar surface area (TPSA) is 44.8 Å². The van der Waals surface area contributed by atoms with Crippen LogP contribution in [0.4, 0.5) is 0 Å². The zero-order valence-corrected chi connectivity index (χ0v) is 15.6. The van der Waals surface area contributed by atoms with Crippen molar-refractivity contribution in [3.8, 4) is 11.5 Å². The van der Waals surface area contributed by atoms with Crippen LogP contribution in [0.25, 0.3) is 5.57 Å². The maximum atomic E-state index is 11.6. The number of carbonyl (C=O) groups is 1. The van der Waals surface area contributed by atoms with Crippen LogP contribution >= 0.6 is 0 Å². The van der Waals surface area contributed by atoms with E-state index in [1.807, 2.05) is 37.3 Å². The Morgan fingerprint density at radius 3 is 2.80 bits per heavy atom.